The molecule has 1 unspecified atom stereocenters. The molecule has 0 saturated heterocycles. The SMILES string of the molecule is C=C/C(C#N)=C\C(=C(/C)N=C)N(C)CC1CCCC(=O)C1. The number of nitrogens with zero attached hydrogens (tertiary/aromatic N) is 3. The summed E-state index contributed by atoms with van der Waals surface area (Å²) in [5.41, 5.74) is 2.09. The minimum atomic E-state index is 0.350. The van der Waals surface area contributed by atoms with Crippen molar-refractivity contribution in [3.05, 3.63) is 35.7 Å². The molecule has 0 spiro atoms. The summed E-state index contributed by atoms with van der Waals surface area (Å²) in [7, 11) is 1.96. The van der Waals surface area contributed by atoms with E-state index in [-0.39, 0.29) is 0 Å². The van der Waals surface area contributed by atoms with E-state index in [1.54, 1.807) is 6.08 Å². The van der Waals surface area contributed by atoms with E-state index in [9.17, 15) is 4.79 Å². The largest absolute Gasteiger partial charge is 0.373 e. The number of nitriles is 1. The van der Waals surface area contributed by atoms with Crippen molar-refractivity contribution in [3.63, 3.8) is 0 Å². The van der Waals surface area contributed by atoms with Crippen LogP contribution in [0.2, 0.25) is 0 Å². The molecule has 1 aliphatic carbocycles. The summed E-state index contributed by atoms with van der Waals surface area (Å²) in [6, 6.07) is 2.09. The van der Waals surface area contributed by atoms with E-state index in [0.29, 0.717) is 30.1 Å². The van der Waals surface area contributed by atoms with Gasteiger partial charge in [-0.15, -0.1) is 0 Å². The minimum Gasteiger partial charge on any atom is -0.373 e. The zero-order chi connectivity index (χ0) is 15.8. The van der Waals surface area contributed by atoms with Gasteiger partial charge in [-0.3, -0.25) is 9.79 Å². The molecule has 21 heavy (non-hydrogen) atoms. The minimum absolute atomic E-state index is 0.350. The summed E-state index contributed by atoms with van der Waals surface area (Å²) in [4.78, 5) is 17.6. The van der Waals surface area contributed by atoms with Gasteiger partial charge < -0.3 is 4.90 Å². The van der Waals surface area contributed by atoms with Crippen LogP contribution in [0, 0.1) is 17.2 Å². The summed E-state index contributed by atoms with van der Waals surface area (Å²) in [6.45, 7) is 9.83. The van der Waals surface area contributed by atoms with Crippen LogP contribution < -0.4 is 0 Å². The van der Waals surface area contributed by atoms with Crippen LogP contribution in [0.1, 0.15) is 32.6 Å². The molecule has 0 heterocycles. The van der Waals surface area contributed by atoms with Crippen molar-refractivity contribution in [2.75, 3.05) is 13.6 Å². The van der Waals surface area contributed by atoms with Gasteiger partial charge in [0.05, 0.1) is 23.0 Å². The number of aliphatic imine (C=N–C) groups is 1. The van der Waals surface area contributed by atoms with Crippen molar-refractivity contribution in [3.8, 4) is 6.07 Å². The average Bonchev–Trinajstić information content (AvgIpc) is 2.47. The smallest absolute Gasteiger partial charge is 0.133 e. The Labute approximate surface area is 127 Å². The molecule has 0 aromatic carbocycles. The van der Waals surface area contributed by atoms with E-state index in [2.05, 4.69) is 24.4 Å². The van der Waals surface area contributed by atoms with Gasteiger partial charge in [0.15, 0.2) is 0 Å². The summed E-state index contributed by atoms with van der Waals surface area (Å²) in [6.07, 6.45) is 6.69. The molecule has 0 aromatic heterocycles. The number of allylic oxidation sites excluding steroid dienone is 4. The Morgan fingerprint density at radius 1 is 1.62 bits per heavy atom. The van der Waals surface area contributed by atoms with E-state index in [4.69, 9.17) is 5.26 Å². The maximum Gasteiger partial charge on any atom is 0.133 e. The van der Waals surface area contributed by atoms with Gasteiger partial charge >= 0.3 is 0 Å². The number of likely N-dealkylation sites (N-methyl/N-ethyl adjacent to an activating group) is 1. The van der Waals surface area contributed by atoms with Gasteiger partial charge in [0.2, 0.25) is 0 Å². The monoisotopic (exact) mass is 285 g/mol. The first-order valence-electron chi connectivity index (χ1n) is 7.16. The summed E-state index contributed by atoms with van der Waals surface area (Å²) >= 11 is 0. The fourth-order valence-electron chi connectivity index (χ4n) is 2.61. The number of hydrogen-bond acceptors (Lipinski definition) is 4. The Balaban J connectivity index is 2.92. The van der Waals surface area contributed by atoms with E-state index >= 15 is 0 Å². The van der Waals surface area contributed by atoms with Crippen LogP contribution >= 0.6 is 0 Å². The third-order valence-corrected chi connectivity index (χ3v) is 3.78. The Morgan fingerprint density at radius 2 is 2.33 bits per heavy atom. The summed E-state index contributed by atoms with van der Waals surface area (Å²) in [5, 5.41) is 9.05. The fourth-order valence-corrected chi connectivity index (χ4v) is 2.61. The number of hydrogen-bond donors (Lipinski definition) is 0. The fraction of sp³-hybridized carbons (Fsp3) is 0.471. The Bertz CT molecular complexity index is 523. The molecule has 4 nitrogen and oxygen atoms in total. The quantitative estimate of drug-likeness (QED) is 0.427. The average molecular weight is 285 g/mol. The predicted molar refractivity (Wildman–Crippen MR) is 85.7 cm³/mol. The third kappa shape index (κ3) is 5.03. The van der Waals surface area contributed by atoms with Crippen LogP contribution in [0.5, 0.6) is 0 Å². The summed E-state index contributed by atoms with van der Waals surface area (Å²) < 4.78 is 0. The highest BCUT2D eigenvalue weighted by Crippen LogP contribution is 2.24. The van der Waals surface area contributed by atoms with Crippen LogP contribution in [-0.4, -0.2) is 31.0 Å². The van der Waals surface area contributed by atoms with Gasteiger partial charge in [-0.05, 0) is 38.5 Å². The topological polar surface area (TPSA) is 56.5 Å². The summed E-state index contributed by atoms with van der Waals surface area (Å²) in [5.74, 6) is 0.717. The number of Topliss-reactive ketones (excluding diaryl/α,β-unsaturated/α-hetero) is 1. The van der Waals surface area contributed by atoms with E-state index in [1.807, 2.05) is 18.9 Å². The highest BCUT2D eigenvalue weighted by molar-refractivity contribution is 5.79. The normalized spacial score (nSPS) is 20.3. The van der Waals surface area contributed by atoms with E-state index in [0.717, 1.165) is 30.8 Å². The highest BCUT2D eigenvalue weighted by atomic mass is 16.1. The molecular weight excluding hydrogens is 262 g/mol. The molecule has 0 amide bonds. The molecule has 1 rings (SSSR count). The van der Waals surface area contributed by atoms with Crippen molar-refractivity contribution < 1.29 is 4.79 Å². The Hall–Kier alpha value is -2.15. The second-order valence-corrected chi connectivity index (χ2v) is 5.43. The maximum absolute atomic E-state index is 11.6. The predicted octanol–water partition coefficient (Wildman–Crippen LogP) is 3.25. The van der Waals surface area contributed by atoms with Crippen molar-refractivity contribution in [2.24, 2.45) is 10.9 Å². The lowest BCUT2D eigenvalue weighted by Gasteiger charge is -2.29. The van der Waals surface area contributed by atoms with E-state index < -0.39 is 0 Å². The Kier molecular flexibility index (Phi) is 6.61. The van der Waals surface area contributed by atoms with Crippen LogP contribution in [0.15, 0.2) is 40.7 Å². The van der Waals surface area contributed by atoms with Gasteiger partial charge in [-0.2, -0.15) is 5.26 Å². The molecule has 1 atom stereocenters. The number of rotatable bonds is 6. The van der Waals surface area contributed by atoms with Crippen LogP contribution in [0.4, 0.5) is 0 Å². The Morgan fingerprint density at radius 3 is 2.86 bits per heavy atom. The molecule has 0 N–H and O–H groups in total. The molecular formula is C17H23N3O. The van der Waals surface area contributed by atoms with Gasteiger partial charge in [0, 0.05) is 26.4 Å². The first-order valence-corrected chi connectivity index (χ1v) is 7.16. The molecule has 1 aliphatic rings. The standard InChI is InChI=1S/C17H23N3O/c1-5-14(11-18)10-17(13(2)19-3)20(4)12-15-7-6-8-16(21)9-15/h5,10,15H,1,3,6-9,12H2,2,4H3/b14-10+,17-13-. The lowest BCUT2D eigenvalue weighted by atomic mass is 9.88. The van der Waals surface area contributed by atoms with E-state index in [1.165, 1.54) is 6.08 Å². The van der Waals surface area contributed by atoms with Crippen LogP contribution in [0.25, 0.3) is 0 Å². The lowest BCUT2D eigenvalue weighted by molar-refractivity contribution is -0.121. The van der Waals surface area contributed by atoms with Gasteiger partial charge in [-0.25, -0.2) is 0 Å². The molecule has 1 saturated carbocycles. The third-order valence-electron chi connectivity index (χ3n) is 3.78. The molecule has 1 fully saturated rings. The first-order chi connectivity index (χ1) is 10.0. The molecule has 0 radical (unpaired) electrons. The molecule has 0 aromatic rings. The maximum atomic E-state index is 11.6. The van der Waals surface area contributed by atoms with Crippen LogP contribution in [-0.2, 0) is 4.79 Å². The first kappa shape index (κ1) is 16.9. The van der Waals surface area contributed by atoms with Gasteiger partial charge in [-0.1, -0.05) is 12.7 Å². The number of ketones is 1. The zero-order valence-corrected chi connectivity index (χ0v) is 12.9. The second-order valence-electron chi connectivity index (χ2n) is 5.43. The lowest BCUT2D eigenvalue weighted by Crippen LogP contribution is -2.29. The molecule has 0 bridgehead atoms. The second kappa shape index (κ2) is 8.21. The van der Waals surface area contributed by atoms with Crippen molar-refractivity contribution in [1.82, 2.24) is 4.90 Å². The number of carbonyl (C=O) groups excluding carboxylic acids is 1. The van der Waals surface area contributed by atoms with Crippen molar-refractivity contribution in [1.29, 1.82) is 5.26 Å². The molecule has 0 aliphatic heterocycles. The van der Waals surface area contributed by atoms with Crippen molar-refractivity contribution in [2.45, 2.75) is 32.6 Å². The van der Waals surface area contributed by atoms with Gasteiger partial charge in [0.25, 0.3) is 0 Å². The van der Waals surface area contributed by atoms with Gasteiger partial charge in [0.1, 0.15) is 5.78 Å². The van der Waals surface area contributed by atoms with Crippen LogP contribution in [0.3, 0.4) is 0 Å². The zero-order valence-electron chi connectivity index (χ0n) is 12.9. The highest BCUT2D eigenvalue weighted by Gasteiger charge is 2.21. The van der Waals surface area contributed by atoms with Crippen molar-refractivity contribution >= 4 is 12.5 Å². The number of carbonyl (C=O) groups is 1. The molecule has 112 valence electrons. The molecule has 4 heteroatoms.